The zero-order chi connectivity index (χ0) is 7.68. The van der Waals surface area contributed by atoms with E-state index in [2.05, 4.69) is 30.3 Å². The van der Waals surface area contributed by atoms with E-state index in [0.29, 0.717) is 6.04 Å². The van der Waals surface area contributed by atoms with Crippen LogP contribution in [0.3, 0.4) is 0 Å². The molecule has 0 spiro atoms. The maximum absolute atomic E-state index is 5.71. The molecule has 2 N–H and O–H groups in total. The van der Waals surface area contributed by atoms with Crippen molar-refractivity contribution >= 4 is 0 Å². The van der Waals surface area contributed by atoms with Crippen molar-refractivity contribution in [1.82, 2.24) is 0 Å². The van der Waals surface area contributed by atoms with Gasteiger partial charge in [0.1, 0.15) is 0 Å². The fraction of sp³-hybridized carbons (Fsp3) is 0.400. The summed E-state index contributed by atoms with van der Waals surface area (Å²) in [5.41, 5.74) is 7.16. The average molecular weight is 147 g/mol. The minimum atomic E-state index is 0.459. The highest BCUT2D eigenvalue weighted by molar-refractivity contribution is 5.22. The van der Waals surface area contributed by atoms with Crippen molar-refractivity contribution in [3.8, 4) is 0 Å². The molecule has 11 heavy (non-hydrogen) atoms. The van der Waals surface area contributed by atoms with Crippen LogP contribution in [0.1, 0.15) is 24.3 Å². The van der Waals surface area contributed by atoms with Crippen LogP contribution in [-0.2, 0) is 0 Å². The molecular weight excluding hydrogens is 134 g/mol. The number of hydrogen-bond acceptors (Lipinski definition) is 1. The zero-order valence-corrected chi connectivity index (χ0v) is 6.53. The molecule has 0 radical (unpaired) electrons. The van der Waals surface area contributed by atoms with Gasteiger partial charge in [-0.15, -0.1) is 0 Å². The molecule has 0 amide bonds. The predicted molar refractivity (Wildman–Crippen MR) is 46.4 cm³/mol. The molecule has 0 heterocycles. The smallest absolute Gasteiger partial charge is 0.00504 e. The molecule has 1 nitrogen and oxygen atoms in total. The van der Waals surface area contributed by atoms with Crippen LogP contribution in [0.15, 0.2) is 30.3 Å². The second-order valence-electron chi connectivity index (χ2n) is 3.34. The van der Waals surface area contributed by atoms with Crippen LogP contribution in [0.2, 0.25) is 0 Å². The molecule has 2 rings (SSSR count). The molecule has 1 aliphatic rings. The van der Waals surface area contributed by atoms with E-state index in [4.69, 9.17) is 5.73 Å². The van der Waals surface area contributed by atoms with E-state index in [1.807, 2.05) is 0 Å². The van der Waals surface area contributed by atoms with Gasteiger partial charge in [0.25, 0.3) is 0 Å². The first kappa shape index (κ1) is 6.86. The third kappa shape index (κ3) is 1.29. The van der Waals surface area contributed by atoms with Crippen molar-refractivity contribution in [2.75, 3.05) is 0 Å². The van der Waals surface area contributed by atoms with Gasteiger partial charge in [-0.3, -0.25) is 0 Å². The lowest BCUT2D eigenvalue weighted by Gasteiger charge is -2.32. The Morgan fingerprint density at radius 1 is 1.09 bits per heavy atom. The molecule has 58 valence electrons. The van der Waals surface area contributed by atoms with Crippen LogP contribution < -0.4 is 5.73 Å². The highest BCUT2D eigenvalue weighted by Gasteiger charge is 2.26. The Balaban J connectivity index is 2.08. The van der Waals surface area contributed by atoms with E-state index in [1.165, 1.54) is 18.4 Å². The Kier molecular flexibility index (Phi) is 1.66. The fourth-order valence-electron chi connectivity index (χ4n) is 1.66. The van der Waals surface area contributed by atoms with Crippen molar-refractivity contribution in [3.63, 3.8) is 0 Å². The van der Waals surface area contributed by atoms with Crippen molar-refractivity contribution in [2.45, 2.75) is 24.8 Å². The van der Waals surface area contributed by atoms with Crippen LogP contribution in [0.4, 0.5) is 0 Å². The summed E-state index contributed by atoms with van der Waals surface area (Å²) in [6, 6.07) is 11.1. The van der Waals surface area contributed by atoms with E-state index in [1.54, 1.807) is 0 Å². The SMILES string of the molecule is N[C@H]1C[C@H](c2ccccc2)C1. The Morgan fingerprint density at radius 2 is 1.73 bits per heavy atom. The first-order valence-electron chi connectivity index (χ1n) is 4.17. The summed E-state index contributed by atoms with van der Waals surface area (Å²) in [4.78, 5) is 0. The Hall–Kier alpha value is -0.820. The first-order valence-corrected chi connectivity index (χ1v) is 4.17. The summed E-state index contributed by atoms with van der Waals surface area (Å²) in [5, 5.41) is 0. The summed E-state index contributed by atoms with van der Waals surface area (Å²) in [6.45, 7) is 0. The van der Waals surface area contributed by atoms with Gasteiger partial charge in [-0.25, -0.2) is 0 Å². The Labute approximate surface area is 67.2 Å². The van der Waals surface area contributed by atoms with E-state index >= 15 is 0 Å². The highest BCUT2D eigenvalue weighted by Crippen LogP contribution is 2.35. The standard InChI is InChI=1S/C10H13N/c11-10-6-9(7-10)8-4-2-1-3-5-8/h1-5,9-10H,6-7,11H2/t9-,10-. The van der Waals surface area contributed by atoms with Gasteiger partial charge in [0.05, 0.1) is 0 Å². The molecule has 1 aromatic carbocycles. The van der Waals surface area contributed by atoms with Crippen molar-refractivity contribution in [2.24, 2.45) is 5.73 Å². The van der Waals surface area contributed by atoms with Gasteiger partial charge in [0.2, 0.25) is 0 Å². The quantitative estimate of drug-likeness (QED) is 0.645. The molecule has 0 saturated heterocycles. The van der Waals surface area contributed by atoms with Gasteiger partial charge < -0.3 is 5.73 Å². The number of rotatable bonds is 1. The van der Waals surface area contributed by atoms with Crippen LogP contribution in [0.25, 0.3) is 0 Å². The lowest BCUT2D eigenvalue weighted by Crippen LogP contribution is -2.34. The zero-order valence-electron chi connectivity index (χ0n) is 6.53. The Bertz CT molecular complexity index is 224. The van der Waals surface area contributed by atoms with E-state index < -0.39 is 0 Å². The number of benzene rings is 1. The number of nitrogens with two attached hydrogens (primary N) is 1. The molecular formula is C10H13N. The fourth-order valence-corrected chi connectivity index (χ4v) is 1.66. The van der Waals surface area contributed by atoms with Gasteiger partial charge in [-0.1, -0.05) is 30.3 Å². The normalized spacial score (nSPS) is 29.5. The van der Waals surface area contributed by atoms with Crippen LogP contribution in [0, 0.1) is 0 Å². The third-order valence-electron chi connectivity index (χ3n) is 2.45. The highest BCUT2D eigenvalue weighted by atomic mass is 14.7. The summed E-state index contributed by atoms with van der Waals surface area (Å²) >= 11 is 0. The summed E-state index contributed by atoms with van der Waals surface area (Å²) in [7, 11) is 0. The van der Waals surface area contributed by atoms with Crippen molar-refractivity contribution in [1.29, 1.82) is 0 Å². The molecule has 1 fully saturated rings. The summed E-state index contributed by atoms with van der Waals surface area (Å²) in [5.74, 6) is 0.742. The summed E-state index contributed by atoms with van der Waals surface area (Å²) < 4.78 is 0. The molecule has 1 aromatic rings. The van der Waals surface area contributed by atoms with Crippen molar-refractivity contribution in [3.05, 3.63) is 35.9 Å². The second-order valence-corrected chi connectivity index (χ2v) is 3.34. The van der Waals surface area contributed by atoms with Gasteiger partial charge in [-0.05, 0) is 24.3 Å². The maximum atomic E-state index is 5.71. The van der Waals surface area contributed by atoms with Crippen LogP contribution in [-0.4, -0.2) is 6.04 Å². The molecule has 0 atom stereocenters. The van der Waals surface area contributed by atoms with Crippen LogP contribution >= 0.6 is 0 Å². The lowest BCUT2D eigenvalue weighted by atomic mass is 9.76. The van der Waals surface area contributed by atoms with Gasteiger partial charge >= 0.3 is 0 Å². The minimum Gasteiger partial charge on any atom is -0.328 e. The third-order valence-corrected chi connectivity index (χ3v) is 2.45. The Morgan fingerprint density at radius 3 is 2.27 bits per heavy atom. The van der Waals surface area contributed by atoms with Gasteiger partial charge in [-0.2, -0.15) is 0 Å². The molecule has 0 bridgehead atoms. The largest absolute Gasteiger partial charge is 0.328 e. The number of hydrogen-bond donors (Lipinski definition) is 1. The molecule has 1 heteroatoms. The minimum absolute atomic E-state index is 0.459. The van der Waals surface area contributed by atoms with Crippen molar-refractivity contribution < 1.29 is 0 Å². The van der Waals surface area contributed by atoms with Crippen LogP contribution in [0.5, 0.6) is 0 Å². The van der Waals surface area contributed by atoms with Gasteiger partial charge in [0, 0.05) is 6.04 Å². The first-order chi connectivity index (χ1) is 5.36. The topological polar surface area (TPSA) is 26.0 Å². The molecule has 0 aromatic heterocycles. The molecule has 1 aliphatic carbocycles. The molecule has 0 unspecified atom stereocenters. The molecule has 1 saturated carbocycles. The summed E-state index contributed by atoms with van der Waals surface area (Å²) in [6.07, 6.45) is 2.34. The molecule has 0 aliphatic heterocycles. The maximum Gasteiger partial charge on any atom is 0.00504 e. The van der Waals surface area contributed by atoms with E-state index in [-0.39, 0.29) is 0 Å². The predicted octanol–water partition coefficient (Wildman–Crippen LogP) is 1.89. The van der Waals surface area contributed by atoms with E-state index in [0.717, 1.165) is 5.92 Å². The van der Waals surface area contributed by atoms with Gasteiger partial charge in [0.15, 0.2) is 0 Å². The monoisotopic (exact) mass is 147 g/mol. The lowest BCUT2D eigenvalue weighted by molar-refractivity contribution is 0.351. The van der Waals surface area contributed by atoms with E-state index in [9.17, 15) is 0 Å². The average Bonchev–Trinajstić information content (AvgIpc) is 2.01. The second kappa shape index (κ2) is 2.67.